The molecule has 1 fully saturated rings. The Morgan fingerprint density at radius 1 is 1.40 bits per heavy atom. The Morgan fingerprint density at radius 2 is 2.20 bits per heavy atom. The number of carbonyl (C=O) groups is 1. The number of likely N-dealkylation sites (N-methyl/N-ethyl adjacent to an activating group) is 1. The fourth-order valence-corrected chi connectivity index (χ4v) is 3.79. The molecule has 108 valence electrons. The third-order valence-corrected chi connectivity index (χ3v) is 5.11. The molecule has 2 atom stereocenters. The molecule has 1 saturated heterocycles. The molecule has 0 saturated carbocycles. The molecule has 3 rings (SSSR count). The Hall–Kier alpha value is -1.35. The highest BCUT2D eigenvalue weighted by Gasteiger charge is 2.42. The SMILES string of the molecule is CN(C(=O)C1(C)CCCc2ccccc21)C1CCNC1. The van der Waals surface area contributed by atoms with Crippen LogP contribution in [0.25, 0.3) is 0 Å². The molecule has 2 unspecified atom stereocenters. The van der Waals surface area contributed by atoms with E-state index in [0.29, 0.717) is 11.9 Å². The summed E-state index contributed by atoms with van der Waals surface area (Å²) in [7, 11) is 1.97. The Kier molecular flexibility index (Phi) is 3.55. The van der Waals surface area contributed by atoms with E-state index in [1.807, 2.05) is 11.9 Å². The van der Waals surface area contributed by atoms with Crippen LogP contribution in [0.1, 0.15) is 37.3 Å². The Morgan fingerprint density at radius 3 is 2.95 bits per heavy atom. The minimum absolute atomic E-state index is 0.290. The van der Waals surface area contributed by atoms with E-state index in [2.05, 4.69) is 36.5 Å². The maximum absolute atomic E-state index is 13.1. The number of fused-ring (bicyclic) bond motifs is 1. The molecule has 1 aromatic rings. The first-order valence-corrected chi connectivity index (χ1v) is 7.69. The lowest BCUT2D eigenvalue weighted by atomic mass is 9.70. The van der Waals surface area contributed by atoms with Crippen molar-refractivity contribution in [2.75, 3.05) is 20.1 Å². The van der Waals surface area contributed by atoms with E-state index in [1.54, 1.807) is 0 Å². The first kappa shape index (κ1) is 13.6. The van der Waals surface area contributed by atoms with Gasteiger partial charge in [0.25, 0.3) is 0 Å². The Balaban J connectivity index is 1.90. The molecule has 1 aliphatic heterocycles. The van der Waals surface area contributed by atoms with Crippen LogP contribution in [-0.4, -0.2) is 37.0 Å². The molecule has 0 spiro atoms. The van der Waals surface area contributed by atoms with Crippen LogP contribution in [0.5, 0.6) is 0 Å². The minimum Gasteiger partial charge on any atom is -0.341 e. The smallest absolute Gasteiger partial charge is 0.232 e. The van der Waals surface area contributed by atoms with Crippen molar-refractivity contribution in [2.45, 2.75) is 44.1 Å². The number of nitrogens with one attached hydrogen (secondary N) is 1. The third-order valence-electron chi connectivity index (χ3n) is 5.11. The molecular formula is C17H24N2O. The Bertz CT molecular complexity index is 507. The number of amides is 1. The van der Waals surface area contributed by atoms with Crippen molar-refractivity contribution in [2.24, 2.45) is 0 Å². The van der Waals surface area contributed by atoms with E-state index in [0.717, 1.165) is 38.8 Å². The molecule has 1 heterocycles. The van der Waals surface area contributed by atoms with Gasteiger partial charge in [-0.3, -0.25) is 4.79 Å². The average molecular weight is 272 g/mol. The zero-order valence-corrected chi connectivity index (χ0v) is 12.5. The normalized spacial score (nSPS) is 29.0. The summed E-state index contributed by atoms with van der Waals surface area (Å²) < 4.78 is 0. The van der Waals surface area contributed by atoms with Gasteiger partial charge in [0, 0.05) is 19.6 Å². The first-order chi connectivity index (χ1) is 9.63. The molecule has 1 amide bonds. The monoisotopic (exact) mass is 272 g/mol. The van der Waals surface area contributed by atoms with Crippen LogP contribution >= 0.6 is 0 Å². The van der Waals surface area contributed by atoms with Gasteiger partial charge in [-0.05, 0) is 50.3 Å². The summed E-state index contributed by atoms with van der Waals surface area (Å²) in [5.74, 6) is 0.290. The second kappa shape index (κ2) is 5.21. The highest BCUT2D eigenvalue weighted by molar-refractivity contribution is 5.88. The topological polar surface area (TPSA) is 32.3 Å². The molecule has 0 aromatic heterocycles. The largest absolute Gasteiger partial charge is 0.341 e. The van der Waals surface area contributed by atoms with Gasteiger partial charge in [0.05, 0.1) is 5.41 Å². The van der Waals surface area contributed by atoms with Gasteiger partial charge in [-0.1, -0.05) is 24.3 Å². The fraction of sp³-hybridized carbons (Fsp3) is 0.588. The van der Waals surface area contributed by atoms with Gasteiger partial charge in [0.15, 0.2) is 0 Å². The summed E-state index contributed by atoms with van der Waals surface area (Å²) in [6.07, 6.45) is 4.25. The number of hydrogen-bond acceptors (Lipinski definition) is 2. The number of carbonyl (C=O) groups excluding carboxylic acids is 1. The highest BCUT2D eigenvalue weighted by atomic mass is 16.2. The van der Waals surface area contributed by atoms with Crippen molar-refractivity contribution >= 4 is 5.91 Å². The zero-order valence-electron chi connectivity index (χ0n) is 12.5. The molecule has 3 nitrogen and oxygen atoms in total. The summed E-state index contributed by atoms with van der Waals surface area (Å²) in [6.45, 7) is 4.09. The zero-order chi connectivity index (χ0) is 14.2. The van der Waals surface area contributed by atoms with Gasteiger partial charge >= 0.3 is 0 Å². The summed E-state index contributed by atoms with van der Waals surface area (Å²) in [6, 6.07) is 8.82. The Labute approximate surface area is 121 Å². The van der Waals surface area contributed by atoms with Crippen molar-refractivity contribution in [3.63, 3.8) is 0 Å². The van der Waals surface area contributed by atoms with Gasteiger partial charge in [-0.15, -0.1) is 0 Å². The van der Waals surface area contributed by atoms with Crippen LogP contribution in [0.3, 0.4) is 0 Å². The molecule has 0 radical (unpaired) electrons. The summed E-state index contributed by atoms with van der Waals surface area (Å²) in [5.41, 5.74) is 2.26. The molecule has 2 aliphatic rings. The highest BCUT2D eigenvalue weighted by Crippen LogP contribution is 2.38. The molecule has 20 heavy (non-hydrogen) atoms. The molecule has 3 heteroatoms. The standard InChI is InChI=1S/C17H24N2O/c1-17(16(20)19(2)14-9-11-18-12-14)10-5-7-13-6-3-4-8-15(13)17/h3-4,6,8,14,18H,5,7,9-12H2,1-2H3. The molecule has 1 aromatic carbocycles. The molecular weight excluding hydrogens is 248 g/mol. The van der Waals surface area contributed by atoms with Gasteiger partial charge in [-0.2, -0.15) is 0 Å². The van der Waals surface area contributed by atoms with Crippen molar-refractivity contribution in [3.8, 4) is 0 Å². The second-order valence-corrected chi connectivity index (χ2v) is 6.41. The van der Waals surface area contributed by atoms with Crippen molar-refractivity contribution in [3.05, 3.63) is 35.4 Å². The third kappa shape index (κ3) is 2.14. The number of rotatable bonds is 2. The van der Waals surface area contributed by atoms with Gasteiger partial charge < -0.3 is 10.2 Å². The average Bonchev–Trinajstić information content (AvgIpc) is 3.00. The molecule has 0 bridgehead atoms. The summed E-state index contributed by atoms with van der Waals surface area (Å²) in [4.78, 5) is 15.1. The molecule has 1 aliphatic carbocycles. The van der Waals surface area contributed by atoms with Crippen LogP contribution in [-0.2, 0) is 16.6 Å². The predicted octanol–water partition coefficient (Wildman–Crippen LogP) is 2.10. The predicted molar refractivity (Wildman–Crippen MR) is 80.8 cm³/mol. The van der Waals surface area contributed by atoms with Crippen molar-refractivity contribution in [1.29, 1.82) is 0 Å². The lowest BCUT2D eigenvalue weighted by molar-refractivity contribution is -0.138. The van der Waals surface area contributed by atoms with Crippen LogP contribution in [0.2, 0.25) is 0 Å². The number of hydrogen-bond donors (Lipinski definition) is 1. The quantitative estimate of drug-likeness (QED) is 0.894. The lowest BCUT2D eigenvalue weighted by Gasteiger charge is -2.39. The fourth-order valence-electron chi connectivity index (χ4n) is 3.79. The summed E-state index contributed by atoms with van der Waals surface area (Å²) in [5, 5.41) is 3.35. The number of benzene rings is 1. The number of aryl methyl sites for hydroxylation is 1. The lowest BCUT2D eigenvalue weighted by Crippen LogP contribution is -2.49. The van der Waals surface area contributed by atoms with Crippen LogP contribution in [0.4, 0.5) is 0 Å². The van der Waals surface area contributed by atoms with Crippen LogP contribution < -0.4 is 5.32 Å². The van der Waals surface area contributed by atoms with Gasteiger partial charge in [-0.25, -0.2) is 0 Å². The van der Waals surface area contributed by atoms with Crippen molar-refractivity contribution in [1.82, 2.24) is 10.2 Å². The van der Waals surface area contributed by atoms with Gasteiger partial charge in [0.1, 0.15) is 0 Å². The van der Waals surface area contributed by atoms with Gasteiger partial charge in [0.2, 0.25) is 5.91 Å². The summed E-state index contributed by atoms with van der Waals surface area (Å²) >= 11 is 0. The molecule has 1 N–H and O–H groups in total. The first-order valence-electron chi connectivity index (χ1n) is 7.69. The van der Waals surface area contributed by atoms with E-state index < -0.39 is 0 Å². The van der Waals surface area contributed by atoms with E-state index in [9.17, 15) is 4.79 Å². The second-order valence-electron chi connectivity index (χ2n) is 6.41. The van der Waals surface area contributed by atoms with Crippen LogP contribution in [0.15, 0.2) is 24.3 Å². The van der Waals surface area contributed by atoms with Crippen molar-refractivity contribution < 1.29 is 4.79 Å². The van der Waals surface area contributed by atoms with E-state index >= 15 is 0 Å². The van der Waals surface area contributed by atoms with E-state index in [4.69, 9.17) is 0 Å². The van der Waals surface area contributed by atoms with E-state index in [-0.39, 0.29) is 5.41 Å². The maximum Gasteiger partial charge on any atom is 0.232 e. The van der Waals surface area contributed by atoms with Crippen LogP contribution in [0, 0.1) is 0 Å². The maximum atomic E-state index is 13.1. The minimum atomic E-state index is -0.341. The number of nitrogens with zero attached hydrogens (tertiary/aromatic N) is 1. The van der Waals surface area contributed by atoms with E-state index in [1.165, 1.54) is 11.1 Å².